The second kappa shape index (κ2) is 8.10. The molecule has 2 aliphatic carbocycles. The summed E-state index contributed by atoms with van der Waals surface area (Å²) >= 11 is 0. The van der Waals surface area contributed by atoms with Crippen LogP contribution in [0.25, 0.3) is 0 Å². The first-order valence-corrected chi connectivity index (χ1v) is 10.9. The van der Waals surface area contributed by atoms with Crippen molar-refractivity contribution in [2.45, 2.75) is 105 Å². The van der Waals surface area contributed by atoms with Crippen molar-refractivity contribution in [3.05, 3.63) is 0 Å². The Bertz CT molecular complexity index is 444. The van der Waals surface area contributed by atoms with E-state index in [2.05, 4.69) is 55.4 Å². The maximum atomic E-state index is 12.9. The molecular weight excluding hydrogens is 324 g/mol. The van der Waals surface area contributed by atoms with E-state index in [0.29, 0.717) is 35.5 Å². The minimum absolute atomic E-state index is 0.408. The smallest absolute Gasteiger partial charge is 0.428 e. The molecule has 0 spiro atoms. The molecule has 6 atom stereocenters. The molecule has 2 rings (SSSR count). The monoisotopic (exact) mass is 366 g/mol. The molecular formula is C23H42O3. The summed E-state index contributed by atoms with van der Waals surface area (Å²) in [7, 11) is 0. The zero-order valence-corrected chi connectivity index (χ0v) is 18.4. The normalized spacial score (nSPS) is 41.3. The Labute approximate surface area is 161 Å². The first-order valence-electron chi connectivity index (χ1n) is 10.9. The number of ether oxygens (including phenoxy) is 2. The fourth-order valence-corrected chi connectivity index (χ4v) is 6.14. The van der Waals surface area contributed by atoms with E-state index in [4.69, 9.17) is 9.47 Å². The van der Waals surface area contributed by atoms with Crippen LogP contribution < -0.4 is 0 Å². The number of rotatable bonds is 4. The molecule has 0 heterocycles. The van der Waals surface area contributed by atoms with Gasteiger partial charge in [-0.15, -0.1) is 0 Å². The van der Waals surface area contributed by atoms with E-state index in [9.17, 15) is 4.79 Å². The van der Waals surface area contributed by atoms with Crippen molar-refractivity contribution in [3.8, 4) is 0 Å². The molecule has 26 heavy (non-hydrogen) atoms. The molecule has 2 saturated carbocycles. The van der Waals surface area contributed by atoms with Gasteiger partial charge in [0.25, 0.3) is 0 Å². The number of carbonyl (C=O) groups excluding carboxylic acids is 1. The van der Waals surface area contributed by atoms with E-state index in [1.165, 1.54) is 12.8 Å². The highest BCUT2D eigenvalue weighted by Crippen LogP contribution is 2.46. The van der Waals surface area contributed by atoms with Crippen molar-refractivity contribution < 1.29 is 14.3 Å². The number of hydrogen-bond acceptors (Lipinski definition) is 3. The topological polar surface area (TPSA) is 35.5 Å². The average molecular weight is 367 g/mol. The fraction of sp³-hybridized carbons (Fsp3) is 0.957. The Morgan fingerprint density at radius 2 is 1.12 bits per heavy atom. The van der Waals surface area contributed by atoms with E-state index in [1.54, 1.807) is 0 Å². The molecule has 0 unspecified atom stereocenters. The Balaban J connectivity index is 2.12. The van der Waals surface area contributed by atoms with Crippen LogP contribution in [0.3, 0.4) is 0 Å². The summed E-state index contributed by atoms with van der Waals surface area (Å²) < 4.78 is 12.2. The Hall–Kier alpha value is -0.730. The molecule has 2 fully saturated rings. The van der Waals surface area contributed by atoms with Crippen LogP contribution in [0.15, 0.2) is 0 Å². The standard InChI is InChI=1S/C23H42O3/c1-15(2)19-11-9-17(5)13-22(19,7)25-21(24)26-23(8)14-18(6)10-12-20(23)16(3)4/h15-20H,9-14H2,1-8H3/t17-,18-,19+,20+,22-,23-/m1/s1. The van der Waals surface area contributed by atoms with Crippen molar-refractivity contribution >= 4 is 6.16 Å². The van der Waals surface area contributed by atoms with E-state index in [1.807, 2.05) is 0 Å². The van der Waals surface area contributed by atoms with Crippen molar-refractivity contribution in [2.24, 2.45) is 35.5 Å². The molecule has 0 aromatic rings. The third-order valence-electron chi connectivity index (χ3n) is 7.26. The lowest BCUT2D eigenvalue weighted by Crippen LogP contribution is -2.50. The number of hydrogen-bond donors (Lipinski definition) is 0. The van der Waals surface area contributed by atoms with Crippen molar-refractivity contribution in [2.75, 3.05) is 0 Å². The van der Waals surface area contributed by atoms with Crippen LogP contribution in [-0.4, -0.2) is 17.4 Å². The SMILES string of the molecule is CC(C)[C@@H]1CC[C@@H](C)C[C@@]1(C)OC(=O)O[C@]1(C)C[C@H](C)CC[C@H]1C(C)C. The van der Waals surface area contributed by atoms with Gasteiger partial charge in [0.2, 0.25) is 0 Å². The van der Waals surface area contributed by atoms with Gasteiger partial charge in [-0.1, -0.05) is 54.4 Å². The van der Waals surface area contributed by atoms with Crippen LogP contribution in [0.4, 0.5) is 4.79 Å². The van der Waals surface area contributed by atoms with Crippen LogP contribution >= 0.6 is 0 Å². The summed E-state index contributed by atoms with van der Waals surface area (Å²) in [5.41, 5.74) is -0.820. The molecule has 0 radical (unpaired) electrons. The zero-order chi connectivity index (χ0) is 19.7. The first-order chi connectivity index (χ1) is 12.0. The van der Waals surface area contributed by atoms with Gasteiger partial charge in [-0.2, -0.15) is 0 Å². The third kappa shape index (κ3) is 4.75. The maximum Gasteiger partial charge on any atom is 0.509 e. The highest BCUT2D eigenvalue weighted by molar-refractivity contribution is 5.61. The quantitative estimate of drug-likeness (QED) is 0.511. The Kier molecular flexibility index (Phi) is 6.72. The van der Waals surface area contributed by atoms with Crippen molar-refractivity contribution in [3.63, 3.8) is 0 Å². The summed E-state index contributed by atoms with van der Waals surface area (Å²) in [6.07, 6.45) is 6.13. The summed E-state index contributed by atoms with van der Waals surface area (Å²) in [6, 6.07) is 0. The van der Waals surface area contributed by atoms with Gasteiger partial charge < -0.3 is 9.47 Å². The second-order valence-corrected chi connectivity index (χ2v) is 10.6. The van der Waals surface area contributed by atoms with E-state index in [-0.39, 0.29) is 0 Å². The van der Waals surface area contributed by atoms with Gasteiger partial charge in [0.05, 0.1) is 0 Å². The van der Waals surface area contributed by atoms with E-state index in [0.717, 1.165) is 25.7 Å². The molecule has 0 saturated heterocycles. The van der Waals surface area contributed by atoms with Gasteiger partial charge >= 0.3 is 6.16 Å². The van der Waals surface area contributed by atoms with Crippen LogP contribution in [0.5, 0.6) is 0 Å². The molecule has 2 aliphatic rings. The highest BCUT2D eigenvalue weighted by Gasteiger charge is 2.47. The van der Waals surface area contributed by atoms with Gasteiger partial charge in [-0.3, -0.25) is 0 Å². The predicted molar refractivity (Wildman–Crippen MR) is 107 cm³/mol. The van der Waals surface area contributed by atoms with Gasteiger partial charge in [0, 0.05) is 11.8 Å². The highest BCUT2D eigenvalue weighted by atomic mass is 16.7. The summed E-state index contributed by atoms with van der Waals surface area (Å²) in [4.78, 5) is 12.9. The van der Waals surface area contributed by atoms with Crippen LogP contribution in [-0.2, 0) is 9.47 Å². The molecule has 0 amide bonds. The predicted octanol–water partition coefficient (Wildman–Crippen LogP) is 6.84. The Morgan fingerprint density at radius 1 is 0.769 bits per heavy atom. The average Bonchev–Trinajstić information content (AvgIpc) is 2.44. The molecule has 0 aromatic carbocycles. The fourth-order valence-electron chi connectivity index (χ4n) is 6.14. The summed E-state index contributed by atoms with van der Waals surface area (Å²) in [5.74, 6) is 3.02. The first kappa shape index (κ1) is 21.6. The number of carbonyl (C=O) groups is 1. The van der Waals surface area contributed by atoms with Crippen LogP contribution in [0.1, 0.15) is 93.9 Å². The largest absolute Gasteiger partial charge is 0.509 e. The molecule has 3 heteroatoms. The lowest BCUT2D eigenvalue weighted by atomic mass is 9.67. The molecule has 0 N–H and O–H groups in total. The van der Waals surface area contributed by atoms with Crippen LogP contribution in [0.2, 0.25) is 0 Å². The Morgan fingerprint density at radius 3 is 1.42 bits per heavy atom. The van der Waals surface area contributed by atoms with E-state index < -0.39 is 17.4 Å². The maximum absolute atomic E-state index is 12.9. The molecule has 0 aromatic heterocycles. The molecule has 0 aliphatic heterocycles. The zero-order valence-electron chi connectivity index (χ0n) is 18.4. The molecule has 3 nitrogen and oxygen atoms in total. The van der Waals surface area contributed by atoms with Gasteiger partial charge in [0.15, 0.2) is 0 Å². The third-order valence-corrected chi connectivity index (χ3v) is 7.26. The minimum atomic E-state index is -0.450. The summed E-state index contributed by atoms with van der Waals surface area (Å²) in [6.45, 7) is 17.8. The second-order valence-electron chi connectivity index (χ2n) is 10.6. The van der Waals surface area contributed by atoms with Crippen molar-refractivity contribution in [1.29, 1.82) is 0 Å². The van der Waals surface area contributed by atoms with Gasteiger partial charge in [-0.25, -0.2) is 4.79 Å². The molecule has 0 bridgehead atoms. The lowest BCUT2D eigenvalue weighted by molar-refractivity contribution is -0.143. The van der Waals surface area contributed by atoms with Crippen molar-refractivity contribution in [1.82, 2.24) is 0 Å². The van der Waals surface area contributed by atoms with Crippen LogP contribution in [0, 0.1) is 35.5 Å². The minimum Gasteiger partial charge on any atom is -0.428 e. The summed E-state index contributed by atoms with van der Waals surface area (Å²) in [5, 5.41) is 0. The van der Waals surface area contributed by atoms with Gasteiger partial charge in [-0.05, 0) is 63.2 Å². The molecule has 152 valence electrons. The van der Waals surface area contributed by atoms with E-state index >= 15 is 0 Å². The lowest BCUT2D eigenvalue weighted by Gasteiger charge is -2.47. The van der Waals surface area contributed by atoms with Gasteiger partial charge in [0.1, 0.15) is 11.2 Å².